The summed E-state index contributed by atoms with van der Waals surface area (Å²) in [6, 6.07) is 14.8. The van der Waals surface area contributed by atoms with E-state index in [4.69, 9.17) is 10.5 Å². The summed E-state index contributed by atoms with van der Waals surface area (Å²) in [5, 5.41) is 2.91. The summed E-state index contributed by atoms with van der Waals surface area (Å²) in [5.41, 5.74) is 7.60. The van der Waals surface area contributed by atoms with Gasteiger partial charge in [0.2, 0.25) is 5.91 Å². The van der Waals surface area contributed by atoms with Crippen LogP contribution < -0.4 is 20.7 Å². The van der Waals surface area contributed by atoms with Gasteiger partial charge in [-0.05, 0) is 36.2 Å². The van der Waals surface area contributed by atoms with Crippen LogP contribution in [-0.2, 0) is 11.2 Å². The number of hydrogen-bond donors (Lipinski definition) is 2. The third kappa shape index (κ3) is 5.07. The van der Waals surface area contributed by atoms with E-state index in [0.29, 0.717) is 24.2 Å². The third-order valence-electron chi connectivity index (χ3n) is 4.10. The number of anilines is 1. The van der Waals surface area contributed by atoms with Crippen LogP contribution >= 0.6 is 0 Å². The largest absolute Gasteiger partial charge is 0.497 e. The Morgan fingerprint density at radius 1 is 1.12 bits per heavy atom. The Labute approximate surface area is 153 Å². The first kappa shape index (κ1) is 19.5. The molecule has 0 aliphatic carbocycles. The summed E-state index contributed by atoms with van der Waals surface area (Å²) in [4.78, 5) is 26.1. The lowest BCUT2D eigenvalue weighted by Crippen LogP contribution is -2.32. The number of benzene rings is 2. The van der Waals surface area contributed by atoms with Gasteiger partial charge in [0.1, 0.15) is 5.75 Å². The van der Waals surface area contributed by atoms with E-state index >= 15 is 0 Å². The maximum Gasteiger partial charge on any atom is 0.253 e. The Kier molecular flexibility index (Phi) is 7.17. The molecular formula is C20H25N3O3. The zero-order valence-electron chi connectivity index (χ0n) is 15.2. The number of nitrogens with two attached hydrogens (primary N) is 1. The number of amides is 2. The van der Waals surface area contributed by atoms with Crippen LogP contribution in [0.1, 0.15) is 22.3 Å². The molecule has 6 nitrogen and oxygen atoms in total. The van der Waals surface area contributed by atoms with Crippen LogP contribution in [0.3, 0.4) is 0 Å². The second-order valence-corrected chi connectivity index (χ2v) is 5.86. The van der Waals surface area contributed by atoms with E-state index < -0.39 is 0 Å². The monoisotopic (exact) mass is 355 g/mol. The van der Waals surface area contributed by atoms with Crippen molar-refractivity contribution in [1.29, 1.82) is 0 Å². The second-order valence-electron chi connectivity index (χ2n) is 5.86. The number of nitrogens with one attached hydrogen (secondary N) is 1. The molecule has 3 N–H and O–H groups in total. The molecule has 2 amide bonds. The highest BCUT2D eigenvalue weighted by molar-refractivity contribution is 6.04. The zero-order valence-corrected chi connectivity index (χ0v) is 15.2. The van der Waals surface area contributed by atoms with Gasteiger partial charge in [0.25, 0.3) is 5.91 Å². The van der Waals surface area contributed by atoms with Gasteiger partial charge in [0, 0.05) is 26.6 Å². The van der Waals surface area contributed by atoms with Crippen molar-refractivity contribution < 1.29 is 14.3 Å². The van der Waals surface area contributed by atoms with Crippen LogP contribution in [0, 0.1) is 0 Å². The number of hydrogen-bond acceptors (Lipinski definition) is 4. The summed E-state index contributed by atoms with van der Waals surface area (Å²) >= 11 is 0. The van der Waals surface area contributed by atoms with Gasteiger partial charge in [0.05, 0.1) is 18.4 Å². The molecule has 0 saturated heterocycles. The Morgan fingerprint density at radius 3 is 2.46 bits per heavy atom. The molecule has 2 aromatic carbocycles. The molecule has 6 heteroatoms. The first-order valence-electron chi connectivity index (χ1n) is 8.53. The number of carbonyl (C=O) groups is 2. The van der Waals surface area contributed by atoms with Crippen molar-refractivity contribution in [2.45, 2.75) is 12.8 Å². The van der Waals surface area contributed by atoms with E-state index in [9.17, 15) is 9.59 Å². The van der Waals surface area contributed by atoms with Crippen molar-refractivity contribution in [1.82, 2.24) is 5.32 Å². The van der Waals surface area contributed by atoms with E-state index in [1.165, 1.54) is 4.90 Å². The molecule has 0 aliphatic rings. The Hall–Kier alpha value is -2.86. The molecule has 0 unspecified atom stereocenters. The summed E-state index contributed by atoms with van der Waals surface area (Å²) in [5.74, 6) is 0.476. The molecule has 0 atom stereocenters. The van der Waals surface area contributed by atoms with E-state index in [2.05, 4.69) is 5.32 Å². The SMILES string of the molecule is COc1ccc(CCNC(=O)c2ccccc2N(C)C(=O)CCN)cc1. The van der Waals surface area contributed by atoms with Gasteiger partial charge in [0.15, 0.2) is 0 Å². The lowest BCUT2D eigenvalue weighted by molar-refractivity contribution is -0.118. The Morgan fingerprint density at radius 2 is 1.81 bits per heavy atom. The highest BCUT2D eigenvalue weighted by Crippen LogP contribution is 2.20. The van der Waals surface area contributed by atoms with Crippen molar-refractivity contribution in [2.24, 2.45) is 5.73 Å². The molecule has 0 aromatic heterocycles. The fraction of sp³-hybridized carbons (Fsp3) is 0.300. The Bertz CT molecular complexity index is 744. The summed E-state index contributed by atoms with van der Waals surface area (Å²) in [7, 11) is 3.28. The fourth-order valence-electron chi connectivity index (χ4n) is 2.59. The summed E-state index contributed by atoms with van der Waals surface area (Å²) in [6.45, 7) is 0.777. The standard InChI is InChI=1S/C20H25N3O3/c1-23(19(24)11-13-21)18-6-4-3-5-17(18)20(25)22-14-12-15-7-9-16(26-2)10-8-15/h3-10H,11-14,21H2,1-2H3,(H,22,25). The van der Waals surface area contributed by atoms with Gasteiger partial charge < -0.3 is 20.7 Å². The minimum Gasteiger partial charge on any atom is -0.497 e. The molecule has 2 rings (SSSR count). The van der Waals surface area contributed by atoms with Crippen LogP contribution in [0.4, 0.5) is 5.69 Å². The van der Waals surface area contributed by atoms with Crippen LogP contribution in [0.25, 0.3) is 0 Å². The van der Waals surface area contributed by atoms with Crippen LogP contribution in [0.5, 0.6) is 5.75 Å². The molecule has 0 bridgehead atoms. The second kappa shape index (κ2) is 9.58. The normalized spacial score (nSPS) is 10.3. The molecule has 138 valence electrons. The molecule has 26 heavy (non-hydrogen) atoms. The smallest absolute Gasteiger partial charge is 0.253 e. The summed E-state index contributed by atoms with van der Waals surface area (Å²) in [6.07, 6.45) is 0.948. The molecule has 0 aliphatic heterocycles. The predicted molar refractivity (Wildman–Crippen MR) is 103 cm³/mol. The zero-order chi connectivity index (χ0) is 18.9. The average Bonchev–Trinajstić information content (AvgIpc) is 2.68. The maximum absolute atomic E-state index is 12.5. The first-order chi connectivity index (χ1) is 12.6. The van der Waals surface area contributed by atoms with E-state index in [1.54, 1.807) is 38.4 Å². The maximum atomic E-state index is 12.5. The van der Waals surface area contributed by atoms with Crippen molar-refractivity contribution in [3.8, 4) is 5.75 Å². The molecule has 2 aromatic rings. The van der Waals surface area contributed by atoms with Crippen molar-refractivity contribution in [2.75, 3.05) is 32.1 Å². The lowest BCUT2D eigenvalue weighted by atomic mass is 10.1. The number of methoxy groups -OCH3 is 1. The molecule has 0 saturated carbocycles. The van der Waals surface area contributed by atoms with Gasteiger partial charge >= 0.3 is 0 Å². The van der Waals surface area contributed by atoms with Gasteiger partial charge in [-0.3, -0.25) is 9.59 Å². The molecular weight excluding hydrogens is 330 g/mol. The number of para-hydroxylation sites is 1. The molecule has 0 fully saturated rings. The number of ether oxygens (including phenoxy) is 1. The number of carbonyl (C=O) groups excluding carboxylic acids is 2. The van der Waals surface area contributed by atoms with Crippen molar-refractivity contribution in [3.05, 3.63) is 59.7 Å². The van der Waals surface area contributed by atoms with Crippen LogP contribution in [-0.4, -0.2) is 39.1 Å². The van der Waals surface area contributed by atoms with Crippen LogP contribution in [0.2, 0.25) is 0 Å². The van der Waals surface area contributed by atoms with Gasteiger partial charge in [-0.25, -0.2) is 0 Å². The third-order valence-corrected chi connectivity index (χ3v) is 4.10. The van der Waals surface area contributed by atoms with E-state index in [-0.39, 0.29) is 24.8 Å². The topological polar surface area (TPSA) is 84.7 Å². The quantitative estimate of drug-likeness (QED) is 0.758. The van der Waals surface area contributed by atoms with Gasteiger partial charge in [-0.2, -0.15) is 0 Å². The summed E-state index contributed by atoms with van der Waals surface area (Å²) < 4.78 is 5.13. The lowest BCUT2D eigenvalue weighted by Gasteiger charge is -2.20. The molecule has 0 spiro atoms. The number of nitrogens with zero attached hydrogens (tertiary/aromatic N) is 1. The average molecular weight is 355 g/mol. The van der Waals surface area contributed by atoms with E-state index in [1.807, 2.05) is 24.3 Å². The van der Waals surface area contributed by atoms with Gasteiger partial charge in [-0.1, -0.05) is 24.3 Å². The fourth-order valence-corrected chi connectivity index (χ4v) is 2.59. The Balaban J connectivity index is 1.99. The highest BCUT2D eigenvalue weighted by Gasteiger charge is 2.17. The first-order valence-corrected chi connectivity index (χ1v) is 8.53. The van der Waals surface area contributed by atoms with E-state index in [0.717, 1.165) is 11.3 Å². The van der Waals surface area contributed by atoms with Crippen molar-refractivity contribution >= 4 is 17.5 Å². The van der Waals surface area contributed by atoms with Crippen LogP contribution in [0.15, 0.2) is 48.5 Å². The minimum atomic E-state index is -0.207. The predicted octanol–water partition coefficient (Wildman–Crippen LogP) is 1.98. The van der Waals surface area contributed by atoms with Crippen molar-refractivity contribution in [3.63, 3.8) is 0 Å². The minimum absolute atomic E-state index is 0.119. The highest BCUT2D eigenvalue weighted by atomic mass is 16.5. The molecule has 0 heterocycles. The molecule has 0 radical (unpaired) electrons. The number of rotatable bonds is 8. The van der Waals surface area contributed by atoms with Gasteiger partial charge in [-0.15, -0.1) is 0 Å².